The highest BCUT2D eigenvalue weighted by atomic mass is 16.4. The predicted molar refractivity (Wildman–Crippen MR) is 72.9 cm³/mol. The molecule has 0 radical (unpaired) electrons. The van der Waals surface area contributed by atoms with Gasteiger partial charge in [0.2, 0.25) is 5.91 Å². The van der Waals surface area contributed by atoms with Crippen molar-refractivity contribution in [1.82, 2.24) is 4.98 Å². The zero-order valence-electron chi connectivity index (χ0n) is 10.9. The van der Waals surface area contributed by atoms with Crippen molar-refractivity contribution in [3.05, 3.63) is 28.7 Å². The Morgan fingerprint density at radius 2 is 2.21 bits per heavy atom. The van der Waals surface area contributed by atoms with E-state index in [4.69, 9.17) is 10.2 Å². The van der Waals surface area contributed by atoms with E-state index in [0.717, 1.165) is 0 Å². The number of benzene rings is 1. The number of rotatable bonds is 4. The first kappa shape index (κ1) is 13.4. The van der Waals surface area contributed by atoms with Crippen LogP contribution in [0.3, 0.4) is 0 Å². The van der Waals surface area contributed by atoms with Crippen LogP contribution in [0.2, 0.25) is 0 Å². The molecule has 0 atom stereocenters. The molecule has 1 heterocycles. The van der Waals surface area contributed by atoms with E-state index in [1.165, 1.54) is 0 Å². The van der Waals surface area contributed by atoms with Gasteiger partial charge in [-0.15, -0.1) is 0 Å². The van der Waals surface area contributed by atoms with Crippen LogP contribution in [0.4, 0.5) is 5.69 Å². The Labute approximate surface area is 110 Å². The van der Waals surface area contributed by atoms with Gasteiger partial charge in [0.1, 0.15) is 0 Å². The summed E-state index contributed by atoms with van der Waals surface area (Å²) in [6.45, 7) is 4.31. The number of nitrogens with two attached hydrogens (primary N) is 1. The van der Waals surface area contributed by atoms with Crippen LogP contribution in [0.1, 0.15) is 20.3 Å². The minimum Gasteiger partial charge on any atom is -0.408 e. The lowest BCUT2D eigenvalue weighted by molar-refractivity contribution is -0.117. The number of hydrogen-bond donors (Lipinski definition) is 3. The number of aromatic amines is 1. The van der Waals surface area contributed by atoms with Crippen molar-refractivity contribution in [2.75, 3.05) is 11.9 Å². The molecule has 4 N–H and O–H groups in total. The minimum absolute atomic E-state index is 0.111. The molecular weight excluding hydrogens is 246 g/mol. The van der Waals surface area contributed by atoms with Crippen LogP contribution in [0.25, 0.3) is 11.1 Å². The quantitative estimate of drug-likeness (QED) is 0.776. The second kappa shape index (κ2) is 4.89. The first-order chi connectivity index (χ1) is 8.89. The fraction of sp³-hybridized carbons (Fsp3) is 0.385. The largest absolute Gasteiger partial charge is 0.417 e. The molecule has 0 aliphatic carbocycles. The molecule has 0 spiro atoms. The van der Waals surface area contributed by atoms with Gasteiger partial charge in [0, 0.05) is 12.1 Å². The first-order valence-corrected chi connectivity index (χ1v) is 6.02. The van der Waals surface area contributed by atoms with Crippen molar-refractivity contribution < 1.29 is 9.21 Å². The van der Waals surface area contributed by atoms with Crippen LogP contribution in [-0.4, -0.2) is 17.4 Å². The molecule has 0 saturated heterocycles. The van der Waals surface area contributed by atoms with Gasteiger partial charge in [-0.3, -0.25) is 9.78 Å². The molecule has 6 nitrogen and oxygen atoms in total. The number of hydrogen-bond acceptors (Lipinski definition) is 4. The second-order valence-corrected chi connectivity index (χ2v) is 5.32. The predicted octanol–water partition coefficient (Wildman–Crippen LogP) is 1.43. The molecule has 1 aromatic carbocycles. The van der Waals surface area contributed by atoms with Crippen LogP contribution >= 0.6 is 0 Å². The highest BCUT2D eigenvalue weighted by Crippen LogP contribution is 2.20. The lowest BCUT2D eigenvalue weighted by Crippen LogP contribution is -2.29. The summed E-state index contributed by atoms with van der Waals surface area (Å²) in [5.74, 6) is -0.622. The Balaban J connectivity index is 2.12. The Bertz CT molecular complexity index is 654. The summed E-state index contributed by atoms with van der Waals surface area (Å²) in [7, 11) is 0. The van der Waals surface area contributed by atoms with E-state index in [1.54, 1.807) is 18.2 Å². The van der Waals surface area contributed by atoms with Crippen LogP contribution in [0, 0.1) is 5.41 Å². The number of amides is 1. The third kappa shape index (κ3) is 3.23. The van der Waals surface area contributed by atoms with Crippen LogP contribution in [0.15, 0.2) is 27.4 Å². The summed E-state index contributed by atoms with van der Waals surface area (Å²) in [5, 5.41) is 2.78. The summed E-state index contributed by atoms with van der Waals surface area (Å²) >= 11 is 0. The van der Waals surface area contributed by atoms with Gasteiger partial charge in [-0.2, -0.15) is 0 Å². The van der Waals surface area contributed by atoms with E-state index in [1.807, 2.05) is 13.8 Å². The monoisotopic (exact) mass is 263 g/mol. The summed E-state index contributed by atoms with van der Waals surface area (Å²) < 4.78 is 4.89. The smallest absolute Gasteiger partial charge is 0.408 e. The Morgan fingerprint density at radius 1 is 1.47 bits per heavy atom. The summed E-state index contributed by atoms with van der Waals surface area (Å²) in [4.78, 5) is 25.4. The standard InChI is InChI=1S/C13H17N3O3/c1-13(2,7-14)6-11(17)15-8-3-4-10-9(5-8)16-12(18)19-10/h3-5H,6-7,14H2,1-2H3,(H,15,17)(H,16,18). The van der Waals surface area contributed by atoms with Crippen LogP contribution < -0.4 is 16.8 Å². The average Bonchev–Trinajstić information content (AvgIpc) is 2.67. The molecule has 0 fully saturated rings. The van der Waals surface area contributed by atoms with Gasteiger partial charge in [-0.05, 0) is 30.2 Å². The van der Waals surface area contributed by atoms with E-state index < -0.39 is 5.76 Å². The van der Waals surface area contributed by atoms with Crippen molar-refractivity contribution in [3.8, 4) is 0 Å². The topological polar surface area (TPSA) is 101 Å². The molecule has 6 heteroatoms. The zero-order valence-corrected chi connectivity index (χ0v) is 10.9. The maximum Gasteiger partial charge on any atom is 0.417 e. The molecule has 0 bridgehead atoms. The van der Waals surface area contributed by atoms with Gasteiger partial charge < -0.3 is 15.5 Å². The molecule has 1 aromatic heterocycles. The van der Waals surface area contributed by atoms with E-state index in [2.05, 4.69) is 10.3 Å². The SMILES string of the molecule is CC(C)(CN)CC(=O)Nc1ccc2oc(=O)[nH]c2c1. The van der Waals surface area contributed by atoms with E-state index in [-0.39, 0.29) is 11.3 Å². The summed E-state index contributed by atoms with van der Waals surface area (Å²) in [5.41, 5.74) is 6.99. The molecule has 0 unspecified atom stereocenters. The van der Waals surface area contributed by atoms with E-state index in [0.29, 0.717) is 29.8 Å². The fourth-order valence-electron chi connectivity index (χ4n) is 1.74. The highest BCUT2D eigenvalue weighted by Gasteiger charge is 2.20. The molecule has 102 valence electrons. The number of anilines is 1. The average molecular weight is 263 g/mol. The third-order valence-electron chi connectivity index (χ3n) is 2.89. The maximum atomic E-state index is 11.9. The molecule has 19 heavy (non-hydrogen) atoms. The molecule has 2 aromatic rings. The third-order valence-corrected chi connectivity index (χ3v) is 2.89. The first-order valence-electron chi connectivity index (χ1n) is 6.02. The number of aromatic nitrogens is 1. The van der Waals surface area contributed by atoms with Crippen molar-refractivity contribution in [2.45, 2.75) is 20.3 Å². The minimum atomic E-state index is -0.511. The number of carbonyl (C=O) groups is 1. The van der Waals surface area contributed by atoms with E-state index in [9.17, 15) is 9.59 Å². The number of carbonyl (C=O) groups excluding carboxylic acids is 1. The maximum absolute atomic E-state index is 11.9. The molecule has 1 amide bonds. The molecule has 0 aliphatic rings. The number of oxazole rings is 1. The lowest BCUT2D eigenvalue weighted by atomic mass is 9.89. The summed E-state index contributed by atoms with van der Waals surface area (Å²) in [6.07, 6.45) is 0.337. The van der Waals surface area contributed by atoms with Crippen LogP contribution in [-0.2, 0) is 4.79 Å². The number of nitrogens with one attached hydrogen (secondary N) is 2. The summed E-state index contributed by atoms with van der Waals surface area (Å²) in [6, 6.07) is 4.98. The molecule has 0 saturated carbocycles. The zero-order chi connectivity index (χ0) is 14.0. The van der Waals surface area contributed by atoms with Crippen molar-refractivity contribution in [2.24, 2.45) is 11.1 Å². The van der Waals surface area contributed by atoms with Gasteiger partial charge in [0.05, 0.1) is 5.52 Å². The molecular formula is C13H17N3O3. The number of H-pyrrole nitrogens is 1. The van der Waals surface area contributed by atoms with Gasteiger partial charge >= 0.3 is 5.76 Å². The van der Waals surface area contributed by atoms with Crippen LogP contribution in [0.5, 0.6) is 0 Å². The fourth-order valence-corrected chi connectivity index (χ4v) is 1.74. The van der Waals surface area contributed by atoms with Gasteiger partial charge in [-0.1, -0.05) is 13.8 Å². The number of fused-ring (bicyclic) bond motifs is 1. The van der Waals surface area contributed by atoms with Crippen molar-refractivity contribution >= 4 is 22.7 Å². The van der Waals surface area contributed by atoms with Crippen molar-refractivity contribution in [3.63, 3.8) is 0 Å². The van der Waals surface area contributed by atoms with E-state index >= 15 is 0 Å². The van der Waals surface area contributed by atoms with Crippen molar-refractivity contribution in [1.29, 1.82) is 0 Å². The van der Waals surface area contributed by atoms with Gasteiger partial charge in [0.15, 0.2) is 5.58 Å². The van der Waals surface area contributed by atoms with Gasteiger partial charge in [0.25, 0.3) is 0 Å². The van der Waals surface area contributed by atoms with Gasteiger partial charge in [-0.25, -0.2) is 4.79 Å². The Kier molecular flexibility index (Phi) is 3.44. The highest BCUT2D eigenvalue weighted by molar-refractivity contribution is 5.93. The normalized spacial score (nSPS) is 11.7. The molecule has 0 aliphatic heterocycles. The Hall–Kier alpha value is -2.08. The lowest BCUT2D eigenvalue weighted by Gasteiger charge is -2.21. The molecule has 2 rings (SSSR count). The second-order valence-electron chi connectivity index (χ2n) is 5.32. The Morgan fingerprint density at radius 3 is 2.89 bits per heavy atom.